The quantitative estimate of drug-likeness (QED) is 0.480. The van der Waals surface area contributed by atoms with E-state index in [1.54, 1.807) is 24.3 Å². The molecule has 8 heteroatoms. The first kappa shape index (κ1) is 15.8. The second-order valence-corrected chi connectivity index (χ2v) is 4.95. The van der Waals surface area contributed by atoms with E-state index < -0.39 is 11.1 Å². The fraction of sp³-hybridized carbons (Fsp3) is 0.125. The highest BCUT2D eigenvalue weighted by molar-refractivity contribution is 5.43. The minimum absolute atomic E-state index is 0.0199. The Morgan fingerprint density at radius 3 is 1.54 bits per heavy atom. The Bertz CT molecular complexity index is 995. The summed E-state index contributed by atoms with van der Waals surface area (Å²) in [5, 5.41) is 17.9. The number of rotatable bonds is 4. The van der Waals surface area contributed by atoms with Crippen molar-refractivity contribution in [2.75, 3.05) is 0 Å². The van der Waals surface area contributed by atoms with E-state index in [9.17, 15) is 9.59 Å². The lowest BCUT2D eigenvalue weighted by Crippen LogP contribution is -2.46. The first-order chi connectivity index (χ1) is 11.6. The Morgan fingerprint density at radius 2 is 1.21 bits per heavy atom. The van der Waals surface area contributed by atoms with Gasteiger partial charge < -0.3 is 29.0 Å². The molecule has 0 bridgehead atoms. The molecule has 124 valence electrons. The largest absolute Gasteiger partial charge is 0.459 e. The summed E-state index contributed by atoms with van der Waals surface area (Å²) in [5.41, 5.74) is -1.03. The molecule has 0 aliphatic heterocycles. The summed E-state index contributed by atoms with van der Waals surface area (Å²) < 4.78 is 10.5. The zero-order valence-corrected chi connectivity index (χ0v) is 12.4. The monoisotopic (exact) mass is 330 g/mol. The molecule has 0 amide bonds. The second kappa shape index (κ2) is 6.57. The van der Waals surface area contributed by atoms with Crippen molar-refractivity contribution < 1.29 is 19.0 Å². The lowest BCUT2D eigenvalue weighted by molar-refractivity contribution is 0.246. The van der Waals surface area contributed by atoms with Gasteiger partial charge >= 0.3 is 0 Å². The van der Waals surface area contributed by atoms with Crippen molar-refractivity contribution in [2.45, 2.75) is 13.2 Å². The SMILES string of the molecule is O=c1[nH]/c(=C/c2ccc(CO)o2)c(=O)[nH]/c1=C\c1ccc(CO)o1. The molecule has 3 heterocycles. The maximum absolute atomic E-state index is 12.1. The van der Waals surface area contributed by atoms with Crippen LogP contribution >= 0.6 is 0 Å². The maximum atomic E-state index is 12.1. The van der Waals surface area contributed by atoms with E-state index in [0.717, 1.165) is 0 Å². The average Bonchev–Trinajstić information content (AvgIpc) is 3.21. The smallest absolute Gasteiger partial charge is 0.272 e. The molecule has 4 N–H and O–H groups in total. The Kier molecular flexibility index (Phi) is 4.32. The highest BCUT2D eigenvalue weighted by Crippen LogP contribution is 2.08. The van der Waals surface area contributed by atoms with Gasteiger partial charge in [0, 0.05) is 12.2 Å². The normalized spacial score (nSPS) is 12.9. The van der Waals surface area contributed by atoms with Crippen LogP contribution in [0.15, 0.2) is 42.7 Å². The van der Waals surface area contributed by atoms with E-state index in [1.807, 2.05) is 0 Å². The molecule has 0 saturated heterocycles. The van der Waals surface area contributed by atoms with E-state index in [-0.39, 0.29) is 23.9 Å². The molecule has 0 spiro atoms. The first-order valence-corrected chi connectivity index (χ1v) is 7.04. The standard InChI is InChI=1S/C16H14N2O6/c19-7-11-3-1-9(23-11)5-13-15(21)18-14(16(22)17-13)6-10-2-4-12(8-20)24-10/h1-6,19-20H,7-8H2,(H,17,22)(H,18,21)/b13-5-,14-6+. The summed E-state index contributed by atoms with van der Waals surface area (Å²) in [5.74, 6) is 1.36. The van der Waals surface area contributed by atoms with Crippen molar-refractivity contribution in [3.8, 4) is 0 Å². The van der Waals surface area contributed by atoms with E-state index in [1.165, 1.54) is 12.2 Å². The highest BCUT2D eigenvalue weighted by atomic mass is 16.4. The second-order valence-electron chi connectivity index (χ2n) is 4.95. The molecule has 3 aromatic heterocycles. The van der Waals surface area contributed by atoms with E-state index in [4.69, 9.17) is 19.0 Å². The van der Waals surface area contributed by atoms with Gasteiger partial charge in [-0.05, 0) is 24.3 Å². The van der Waals surface area contributed by atoms with Gasteiger partial charge in [0.25, 0.3) is 11.1 Å². The molecule has 0 aliphatic rings. The van der Waals surface area contributed by atoms with E-state index in [0.29, 0.717) is 23.0 Å². The summed E-state index contributed by atoms with van der Waals surface area (Å²) in [6.07, 6.45) is 2.72. The van der Waals surface area contributed by atoms with Crippen LogP contribution in [-0.4, -0.2) is 20.2 Å². The number of hydrogen-bond acceptors (Lipinski definition) is 6. The Hall–Kier alpha value is -3.10. The molecule has 0 radical (unpaired) electrons. The topological polar surface area (TPSA) is 132 Å². The first-order valence-electron chi connectivity index (χ1n) is 7.04. The summed E-state index contributed by atoms with van der Waals surface area (Å²) in [6, 6.07) is 6.27. The van der Waals surface area contributed by atoms with E-state index >= 15 is 0 Å². The molecule has 3 aromatic rings. The molecular weight excluding hydrogens is 316 g/mol. The van der Waals surface area contributed by atoms with Gasteiger partial charge in [0.05, 0.1) is 0 Å². The van der Waals surface area contributed by atoms with Crippen LogP contribution in [0.1, 0.15) is 23.0 Å². The van der Waals surface area contributed by atoms with Crippen molar-refractivity contribution in [3.63, 3.8) is 0 Å². The minimum atomic E-state index is -0.517. The fourth-order valence-electron chi connectivity index (χ4n) is 2.09. The van der Waals surface area contributed by atoms with Crippen LogP contribution in [0.2, 0.25) is 0 Å². The lowest BCUT2D eigenvalue weighted by Gasteiger charge is -1.91. The molecule has 0 fully saturated rings. The number of aliphatic hydroxyl groups is 2. The van der Waals surface area contributed by atoms with Crippen molar-refractivity contribution in [1.29, 1.82) is 0 Å². The Morgan fingerprint density at radius 1 is 0.792 bits per heavy atom. The van der Waals surface area contributed by atoms with Gasteiger partial charge in [0.15, 0.2) is 0 Å². The number of nitrogens with one attached hydrogen (secondary N) is 2. The molecule has 24 heavy (non-hydrogen) atoms. The summed E-state index contributed by atoms with van der Waals surface area (Å²) in [7, 11) is 0. The van der Waals surface area contributed by atoms with Crippen LogP contribution < -0.4 is 21.8 Å². The highest BCUT2D eigenvalue weighted by Gasteiger charge is 2.02. The molecule has 3 rings (SSSR count). The third-order valence-corrected chi connectivity index (χ3v) is 3.24. The van der Waals surface area contributed by atoms with Crippen molar-refractivity contribution in [3.05, 3.63) is 78.7 Å². The molecule has 0 unspecified atom stereocenters. The van der Waals surface area contributed by atoms with Gasteiger partial charge in [0.2, 0.25) is 0 Å². The number of aliphatic hydroxyl groups excluding tert-OH is 2. The number of aromatic nitrogens is 2. The number of hydrogen-bond donors (Lipinski definition) is 4. The third-order valence-electron chi connectivity index (χ3n) is 3.24. The fourth-order valence-corrected chi connectivity index (χ4v) is 2.09. The predicted octanol–water partition coefficient (Wildman–Crippen LogP) is -1.11. The van der Waals surface area contributed by atoms with Crippen molar-refractivity contribution >= 4 is 12.2 Å². The van der Waals surface area contributed by atoms with Crippen LogP contribution in [0.4, 0.5) is 0 Å². The van der Waals surface area contributed by atoms with Crippen molar-refractivity contribution in [1.82, 2.24) is 9.97 Å². The van der Waals surface area contributed by atoms with Gasteiger partial charge in [0.1, 0.15) is 47.0 Å². The van der Waals surface area contributed by atoms with E-state index in [2.05, 4.69) is 9.97 Å². The Labute approximate surface area is 134 Å². The zero-order chi connectivity index (χ0) is 17.1. The van der Waals surface area contributed by atoms with Crippen LogP contribution in [0, 0.1) is 0 Å². The van der Waals surface area contributed by atoms with Gasteiger partial charge in [-0.3, -0.25) is 9.59 Å². The number of H-pyrrole nitrogens is 2. The van der Waals surface area contributed by atoms with Gasteiger partial charge in [-0.1, -0.05) is 0 Å². The summed E-state index contributed by atoms with van der Waals surface area (Å²) >= 11 is 0. The van der Waals surface area contributed by atoms with Gasteiger partial charge in [-0.25, -0.2) is 0 Å². The molecular formula is C16H14N2O6. The summed E-state index contributed by atoms with van der Waals surface area (Å²) in [4.78, 5) is 29.1. The van der Waals surface area contributed by atoms with Crippen LogP contribution in [-0.2, 0) is 13.2 Å². The predicted molar refractivity (Wildman–Crippen MR) is 83.3 cm³/mol. The Balaban J connectivity index is 2.05. The third kappa shape index (κ3) is 3.29. The number of furan rings is 2. The van der Waals surface area contributed by atoms with Crippen LogP contribution in [0.3, 0.4) is 0 Å². The number of aromatic amines is 2. The molecule has 0 aliphatic carbocycles. The molecule has 8 nitrogen and oxygen atoms in total. The van der Waals surface area contributed by atoms with Gasteiger partial charge in [-0.15, -0.1) is 0 Å². The average molecular weight is 330 g/mol. The minimum Gasteiger partial charge on any atom is -0.459 e. The molecule has 0 atom stereocenters. The molecule has 0 aromatic carbocycles. The van der Waals surface area contributed by atoms with Crippen LogP contribution in [0.5, 0.6) is 0 Å². The van der Waals surface area contributed by atoms with Crippen LogP contribution in [0.25, 0.3) is 12.2 Å². The molecule has 0 saturated carbocycles. The lowest BCUT2D eigenvalue weighted by atomic mass is 10.3. The zero-order valence-electron chi connectivity index (χ0n) is 12.4. The van der Waals surface area contributed by atoms with Gasteiger partial charge in [-0.2, -0.15) is 0 Å². The maximum Gasteiger partial charge on any atom is 0.272 e. The van der Waals surface area contributed by atoms with Crippen molar-refractivity contribution in [2.24, 2.45) is 0 Å². The summed E-state index contributed by atoms with van der Waals surface area (Å²) in [6.45, 7) is -0.513.